The van der Waals surface area contributed by atoms with Gasteiger partial charge in [-0.3, -0.25) is 9.59 Å². The maximum Gasteiger partial charge on any atom is 0.268 e. The van der Waals surface area contributed by atoms with Crippen LogP contribution in [-0.4, -0.2) is 20.8 Å². The molecule has 3 aromatic heterocycles. The standard InChI is InChI=1S/C21H16ClFN4O4/c1-11-8-18(31-26-11)14-10-19(28)27(25-20(14)17-4-3-7-30-17)12(2)21(29)24-13-5-6-16(23)15(22)9-13/h3-10,12H,1-2H3,(H,24,29). The van der Waals surface area contributed by atoms with Crippen LogP contribution in [0.3, 0.4) is 0 Å². The molecule has 1 atom stereocenters. The van der Waals surface area contributed by atoms with Crippen molar-refractivity contribution in [2.24, 2.45) is 0 Å². The molecule has 0 aliphatic carbocycles. The number of hydrogen-bond donors (Lipinski definition) is 1. The monoisotopic (exact) mass is 442 g/mol. The van der Waals surface area contributed by atoms with E-state index in [9.17, 15) is 14.0 Å². The number of nitrogens with one attached hydrogen (secondary N) is 1. The van der Waals surface area contributed by atoms with E-state index >= 15 is 0 Å². The second-order valence-electron chi connectivity index (χ2n) is 6.79. The second-order valence-corrected chi connectivity index (χ2v) is 7.20. The molecule has 0 radical (unpaired) electrons. The predicted molar refractivity (Wildman–Crippen MR) is 111 cm³/mol. The van der Waals surface area contributed by atoms with Gasteiger partial charge in [0, 0.05) is 17.8 Å². The normalized spacial score (nSPS) is 12.0. The first-order chi connectivity index (χ1) is 14.8. The lowest BCUT2D eigenvalue weighted by atomic mass is 10.1. The zero-order chi connectivity index (χ0) is 22.1. The summed E-state index contributed by atoms with van der Waals surface area (Å²) in [6.07, 6.45) is 1.47. The number of aromatic nitrogens is 3. The predicted octanol–water partition coefficient (Wildman–Crippen LogP) is 4.46. The molecule has 0 saturated heterocycles. The van der Waals surface area contributed by atoms with E-state index in [-0.39, 0.29) is 10.7 Å². The minimum atomic E-state index is -0.990. The van der Waals surface area contributed by atoms with E-state index in [2.05, 4.69) is 15.6 Å². The summed E-state index contributed by atoms with van der Waals surface area (Å²) in [7, 11) is 0. The van der Waals surface area contributed by atoms with Crippen molar-refractivity contribution in [2.45, 2.75) is 19.9 Å². The molecule has 3 heterocycles. The Bertz CT molecular complexity index is 1310. The van der Waals surface area contributed by atoms with E-state index in [1.807, 2.05) is 0 Å². The number of furan rings is 1. The minimum absolute atomic E-state index is 0.132. The Kier molecular flexibility index (Phi) is 5.43. The lowest BCUT2D eigenvalue weighted by Crippen LogP contribution is -2.33. The Morgan fingerprint density at radius 1 is 1.23 bits per heavy atom. The van der Waals surface area contributed by atoms with Crippen molar-refractivity contribution in [3.8, 4) is 22.8 Å². The average Bonchev–Trinajstić information content (AvgIpc) is 3.42. The number of carbonyl (C=O) groups is 1. The van der Waals surface area contributed by atoms with Gasteiger partial charge in [-0.05, 0) is 44.2 Å². The number of halogens is 2. The van der Waals surface area contributed by atoms with Gasteiger partial charge in [0.25, 0.3) is 5.56 Å². The second kappa shape index (κ2) is 8.19. The van der Waals surface area contributed by atoms with Crippen molar-refractivity contribution in [2.75, 3.05) is 5.32 Å². The van der Waals surface area contributed by atoms with E-state index in [4.69, 9.17) is 20.5 Å². The van der Waals surface area contributed by atoms with Crippen molar-refractivity contribution >= 4 is 23.2 Å². The molecule has 0 aliphatic rings. The SMILES string of the molecule is Cc1cc(-c2cc(=O)n(C(C)C(=O)Nc3ccc(F)c(Cl)c3)nc2-c2ccco2)on1. The Labute approximate surface area is 180 Å². The maximum absolute atomic E-state index is 13.3. The molecule has 8 nitrogen and oxygen atoms in total. The molecule has 1 amide bonds. The van der Waals surface area contributed by atoms with Gasteiger partial charge in [0.05, 0.1) is 22.5 Å². The summed E-state index contributed by atoms with van der Waals surface area (Å²) in [4.78, 5) is 25.5. The van der Waals surface area contributed by atoms with Crippen LogP contribution >= 0.6 is 11.6 Å². The number of hydrogen-bond acceptors (Lipinski definition) is 6. The average molecular weight is 443 g/mol. The number of rotatable bonds is 5. The number of benzene rings is 1. The number of anilines is 1. The van der Waals surface area contributed by atoms with Gasteiger partial charge in [0.2, 0.25) is 5.91 Å². The summed E-state index contributed by atoms with van der Waals surface area (Å²) >= 11 is 5.76. The smallest absolute Gasteiger partial charge is 0.268 e. The lowest BCUT2D eigenvalue weighted by molar-refractivity contribution is -0.119. The first-order valence-corrected chi connectivity index (χ1v) is 9.58. The molecule has 10 heteroatoms. The molecule has 31 heavy (non-hydrogen) atoms. The summed E-state index contributed by atoms with van der Waals surface area (Å²) in [6, 6.07) is 9.12. The third-order valence-electron chi connectivity index (χ3n) is 4.54. The summed E-state index contributed by atoms with van der Waals surface area (Å²) in [5.74, 6) is -0.410. The topological polar surface area (TPSA) is 103 Å². The number of aryl methyl sites for hydroxylation is 1. The van der Waals surface area contributed by atoms with E-state index in [1.165, 1.54) is 31.4 Å². The van der Waals surface area contributed by atoms with Gasteiger partial charge in [-0.15, -0.1) is 0 Å². The molecule has 1 unspecified atom stereocenters. The highest BCUT2D eigenvalue weighted by molar-refractivity contribution is 6.31. The summed E-state index contributed by atoms with van der Waals surface area (Å²) in [5.41, 5.74) is 1.09. The van der Waals surface area contributed by atoms with Crippen LogP contribution in [0, 0.1) is 12.7 Å². The molecule has 4 rings (SSSR count). The Hall–Kier alpha value is -3.72. The highest BCUT2D eigenvalue weighted by Gasteiger charge is 2.23. The summed E-state index contributed by atoms with van der Waals surface area (Å²) in [5, 5.41) is 10.7. The summed E-state index contributed by atoms with van der Waals surface area (Å²) < 4.78 is 25.1. The van der Waals surface area contributed by atoms with Gasteiger partial charge in [-0.25, -0.2) is 9.07 Å². The fraction of sp³-hybridized carbons (Fsp3) is 0.143. The van der Waals surface area contributed by atoms with Crippen molar-refractivity contribution in [1.29, 1.82) is 0 Å². The van der Waals surface area contributed by atoms with Crippen LogP contribution in [0.4, 0.5) is 10.1 Å². The summed E-state index contributed by atoms with van der Waals surface area (Å²) in [6.45, 7) is 3.27. The van der Waals surface area contributed by atoms with Crippen LogP contribution in [0.2, 0.25) is 5.02 Å². The molecule has 1 N–H and O–H groups in total. The first-order valence-electron chi connectivity index (χ1n) is 9.21. The van der Waals surface area contributed by atoms with Crippen molar-refractivity contribution in [3.05, 3.63) is 75.6 Å². The fourth-order valence-electron chi connectivity index (χ4n) is 2.95. The van der Waals surface area contributed by atoms with Gasteiger partial charge >= 0.3 is 0 Å². The fourth-order valence-corrected chi connectivity index (χ4v) is 3.13. The molecule has 1 aromatic carbocycles. The highest BCUT2D eigenvalue weighted by atomic mass is 35.5. The lowest BCUT2D eigenvalue weighted by Gasteiger charge is -2.16. The van der Waals surface area contributed by atoms with Gasteiger partial charge < -0.3 is 14.3 Å². The quantitative estimate of drug-likeness (QED) is 0.489. The Morgan fingerprint density at radius 3 is 2.68 bits per heavy atom. The van der Waals surface area contributed by atoms with Gasteiger partial charge in [0.15, 0.2) is 11.5 Å². The first kappa shape index (κ1) is 20.5. The van der Waals surface area contributed by atoms with Crippen molar-refractivity contribution in [3.63, 3.8) is 0 Å². The highest BCUT2D eigenvalue weighted by Crippen LogP contribution is 2.30. The van der Waals surface area contributed by atoms with Crippen LogP contribution in [-0.2, 0) is 4.79 Å². The number of nitrogens with zero attached hydrogens (tertiary/aromatic N) is 3. The Morgan fingerprint density at radius 2 is 2.03 bits per heavy atom. The molecule has 158 valence electrons. The molecule has 4 aromatic rings. The molecular formula is C21H16ClFN4O4. The van der Waals surface area contributed by atoms with E-state index < -0.39 is 23.3 Å². The van der Waals surface area contributed by atoms with Gasteiger partial charge in [-0.1, -0.05) is 16.8 Å². The van der Waals surface area contributed by atoms with Crippen LogP contribution in [0.25, 0.3) is 22.8 Å². The van der Waals surface area contributed by atoms with Crippen LogP contribution in [0.5, 0.6) is 0 Å². The third-order valence-corrected chi connectivity index (χ3v) is 4.83. The number of amides is 1. The van der Waals surface area contributed by atoms with E-state index in [1.54, 1.807) is 25.1 Å². The zero-order valence-corrected chi connectivity index (χ0v) is 17.2. The minimum Gasteiger partial charge on any atom is -0.463 e. The van der Waals surface area contributed by atoms with E-state index in [0.717, 1.165) is 10.7 Å². The Balaban J connectivity index is 1.72. The van der Waals surface area contributed by atoms with Crippen LogP contribution < -0.4 is 10.9 Å². The van der Waals surface area contributed by atoms with E-state index in [0.29, 0.717) is 28.5 Å². The van der Waals surface area contributed by atoms with Gasteiger partial charge in [0.1, 0.15) is 17.6 Å². The third kappa shape index (κ3) is 4.13. The number of carbonyl (C=O) groups excluding carboxylic acids is 1. The molecule has 0 spiro atoms. The van der Waals surface area contributed by atoms with Crippen LogP contribution in [0.15, 0.2) is 62.5 Å². The maximum atomic E-state index is 13.3. The van der Waals surface area contributed by atoms with Crippen molar-refractivity contribution in [1.82, 2.24) is 14.9 Å². The molecule has 0 fully saturated rings. The van der Waals surface area contributed by atoms with Crippen LogP contribution in [0.1, 0.15) is 18.7 Å². The molecular weight excluding hydrogens is 427 g/mol. The zero-order valence-electron chi connectivity index (χ0n) is 16.4. The molecule has 0 aliphatic heterocycles. The molecule has 0 saturated carbocycles. The van der Waals surface area contributed by atoms with Gasteiger partial charge in [-0.2, -0.15) is 5.10 Å². The molecule has 0 bridgehead atoms. The largest absolute Gasteiger partial charge is 0.463 e. The van der Waals surface area contributed by atoms with Crippen molar-refractivity contribution < 1.29 is 18.1 Å².